The first kappa shape index (κ1) is 14.7. The van der Waals surface area contributed by atoms with Crippen molar-refractivity contribution >= 4 is 5.91 Å². The van der Waals surface area contributed by atoms with Gasteiger partial charge in [0.15, 0.2) is 0 Å². The molecule has 1 atom stereocenters. The molecule has 1 fully saturated rings. The lowest BCUT2D eigenvalue weighted by Crippen LogP contribution is -2.31. The molecule has 3 rings (SSSR count). The van der Waals surface area contributed by atoms with Gasteiger partial charge in [-0.05, 0) is 55.1 Å². The number of nitrogens with zero attached hydrogens (tertiary/aromatic N) is 2. The largest absolute Gasteiger partial charge is 0.366 e. The second kappa shape index (κ2) is 6.71. The van der Waals surface area contributed by atoms with E-state index in [9.17, 15) is 4.79 Å². The second-order valence-electron chi connectivity index (χ2n) is 5.85. The van der Waals surface area contributed by atoms with E-state index in [0.29, 0.717) is 11.6 Å². The van der Waals surface area contributed by atoms with Crippen molar-refractivity contribution in [1.29, 1.82) is 0 Å². The van der Waals surface area contributed by atoms with Gasteiger partial charge in [0.2, 0.25) is 5.91 Å². The van der Waals surface area contributed by atoms with Crippen LogP contribution in [0.3, 0.4) is 0 Å². The van der Waals surface area contributed by atoms with Crippen LogP contribution in [0.4, 0.5) is 0 Å². The first-order valence-electron chi connectivity index (χ1n) is 7.74. The van der Waals surface area contributed by atoms with Crippen molar-refractivity contribution in [2.24, 2.45) is 5.73 Å². The van der Waals surface area contributed by atoms with E-state index < -0.39 is 0 Å². The van der Waals surface area contributed by atoms with Crippen molar-refractivity contribution < 1.29 is 4.79 Å². The molecule has 0 aliphatic carbocycles. The Balaban J connectivity index is 1.73. The molecule has 1 aromatic heterocycles. The third-order valence-corrected chi connectivity index (χ3v) is 4.37. The molecule has 2 aromatic rings. The Morgan fingerprint density at radius 2 is 2.00 bits per heavy atom. The number of likely N-dealkylation sites (tertiary alicyclic amines) is 1. The number of hydrogen-bond acceptors (Lipinski definition) is 3. The average molecular weight is 295 g/mol. The number of hydrogen-bond donors (Lipinski definition) is 1. The zero-order valence-corrected chi connectivity index (χ0v) is 12.6. The number of carbonyl (C=O) groups excluding carboxylic acids is 1. The highest BCUT2D eigenvalue weighted by molar-refractivity contribution is 5.94. The van der Waals surface area contributed by atoms with Crippen molar-refractivity contribution in [2.45, 2.75) is 31.8 Å². The third kappa shape index (κ3) is 3.34. The van der Waals surface area contributed by atoms with E-state index in [2.05, 4.69) is 22.0 Å². The summed E-state index contributed by atoms with van der Waals surface area (Å²) >= 11 is 0. The Hall–Kier alpha value is -2.20. The van der Waals surface area contributed by atoms with Gasteiger partial charge in [-0.25, -0.2) is 0 Å². The number of primary amides is 1. The molecule has 0 spiro atoms. The summed E-state index contributed by atoms with van der Waals surface area (Å²) in [6.45, 7) is 2.04. The standard InChI is InChI=1S/C18H21N3O/c19-18(22)17-6-2-1-4-15(17)12-16-5-3-11-21(16)13-14-7-9-20-10-8-14/h1-2,4,6-10,16H,3,5,11-13H2,(H2,19,22)/t16-/m1/s1. The van der Waals surface area contributed by atoms with Gasteiger partial charge in [0.25, 0.3) is 0 Å². The fourth-order valence-corrected chi connectivity index (χ4v) is 3.25. The number of pyridine rings is 1. The lowest BCUT2D eigenvalue weighted by molar-refractivity contribution is 0.0999. The Morgan fingerprint density at radius 1 is 1.23 bits per heavy atom. The topological polar surface area (TPSA) is 59.2 Å². The quantitative estimate of drug-likeness (QED) is 0.921. The van der Waals surface area contributed by atoms with Crippen LogP contribution in [0.1, 0.15) is 34.3 Å². The van der Waals surface area contributed by atoms with Crippen molar-refractivity contribution in [1.82, 2.24) is 9.88 Å². The van der Waals surface area contributed by atoms with Crippen molar-refractivity contribution in [2.75, 3.05) is 6.54 Å². The van der Waals surface area contributed by atoms with Crippen LogP contribution in [0.2, 0.25) is 0 Å². The van der Waals surface area contributed by atoms with Crippen LogP contribution >= 0.6 is 0 Å². The van der Waals surface area contributed by atoms with Gasteiger partial charge in [0, 0.05) is 30.5 Å². The summed E-state index contributed by atoms with van der Waals surface area (Å²) in [4.78, 5) is 18.1. The number of rotatable bonds is 5. The molecular weight excluding hydrogens is 274 g/mol. The van der Waals surface area contributed by atoms with E-state index in [-0.39, 0.29) is 5.91 Å². The Morgan fingerprint density at radius 3 is 2.77 bits per heavy atom. The molecule has 2 heterocycles. The maximum Gasteiger partial charge on any atom is 0.248 e. The highest BCUT2D eigenvalue weighted by atomic mass is 16.1. The molecule has 1 amide bonds. The molecule has 1 aromatic carbocycles. The second-order valence-corrected chi connectivity index (χ2v) is 5.85. The smallest absolute Gasteiger partial charge is 0.248 e. The SMILES string of the molecule is NC(=O)c1ccccc1C[C@H]1CCCN1Cc1ccncc1. The number of carbonyl (C=O) groups is 1. The van der Waals surface area contributed by atoms with Gasteiger partial charge in [-0.3, -0.25) is 14.7 Å². The molecule has 1 aliphatic rings. The van der Waals surface area contributed by atoms with Crippen LogP contribution in [-0.2, 0) is 13.0 Å². The molecule has 4 heteroatoms. The van der Waals surface area contributed by atoms with Crippen LogP contribution in [0.5, 0.6) is 0 Å². The molecular formula is C18H21N3O. The minimum absolute atomic E-state index is 0.339. The van der Waals surface area contributed by atoms with Crippen molar-refractivity contribution in [3.8, 4) is 0 Å². The number of nitrogens with two attached hydrogens (primary N) is 1. The van der Waals surface area contributed by atoms with Crippen LogP contribution in [0, 0.1) is 0 Å². The minimum Gasteiger partial charge on any atom is -0.366 e. The van der Waals surface area contributed by atoms with E-state index in [1.165, 1.54) is 12.0 Å². The summed E-state index contributed by atoms with van der Waals surface area (Å²) in [5.74, 6) is -0.339. The summed E-state index contributed by atoms with van der Waals surface area (Å²) in [6.07, 6.45) is 6.92. The fraction of sp³-hybridized carbons (Fsp3) is 0.333. The average Bonchev–Trinajstić information content (AvgIpc) is 2.96. The number of aromatic nitrogens is 1. The molecule has 22 heavy (non-hydrogen) atoms. The summed E-state index contributed by atoms with van der Waals surface area (Å²) < 4.78 is 0. The first-order valence-corrected chi connectivity index (χ1v) is 7.74. The molecule has 4 nitrogen and oxygen atoms in total. The van der Waals surface area contributed by atoms with Crippen LogP contribution in [0.15, 0.2) is 48.8 Å². The van der Waals surface area contributed by atoms with Crippen LogP contribution in [-0.4, -0.2) is 28.4 Å². The van der Waals surface area contributed by atoms with Gasteiger partial charge in [0.05, 0.1) is 0 Å². The van der Waals surface area contributed by atoms with Gasteiger partial charge in [-0.1, -0.05) is 18.2 Å². The minimum atomic E-state index is -0.339. The van der Waals surface area contributed by atoms with E-state index in [4.69, 9.17) is 5.73 Å². The highest BCUT2D eigenvalue weighted by Gasteiger charge is 2.25. The molecule has 2 N–H and O–H groups in total. The normalized spacial score (nSPS) is 18.5. The Bertz CT molecular complexity index is 642. The summed E-state index contributed by atoms with van der Waals surface area (Å²) in [6, 6.07) is 12.3. The lowest BCUT2D eigenvalue weighted by Gasteiger charge is -2.25. The summed E-state index contributed by atoms with van der Waals surface area (Å²) in [7, 11) is 0. The van der Waals surface area contributed by atoms with Gasteiger partial charge in [-0.2, -0.15) is 0 Å². The number of benzene rings is 1. The van der Waals surface area contributed by atoms with E-state index in [0.717, 1.165) is 31.5 Å². The van der Waals surface area contributed by atoms with Gasteiger partial charge < -0.3 is 5.73 Å². The van der Waals surface area contributed by atoms with Crippen LogP contribution in [0.25, 0.3) is 0 Å². The summed E-state index contributed by atoms with van der Waals surface area (Å²) in [5, 5.41) is 0. The van der Waals surface area contributed by atoms with E-state index in [1.54, 1.807) is 0 Å². The van der Waals surface area contributed by atoms with Crippen molar-refractivity contribution in [3.63, 3.8) is 0 Å². The fourth-order valence-electron chi connectivity index (χ4n) is 3.25. The van der Waals surface area contributed by atoms with Crippen molar-refractivity contribution in [3.05, 3.63) is 65.5 Å². The molecule has 114 valence electrons. The lowest BCUT2D eigenvalue weighted by atomic mass is 9.98. The predicted octanol–water partition coefficient (Wildman–Crippen LogP) is 2.39. The molecule has 0 saturated carbocycles. The molecule has 1 saturated heterocycles. The third-order valence-electron chi connectivity index (χ3n) is 4.37. The van der Waals surface area contributed by atoms with E-state index >= 15 is 0 Å². The summed E-state index contributed by atoms with van der Waals surface area (Å²) in [5.41, 5.74) is 8.48. The molecule has 0 radical (unpaired) electrons. The predicted molar refractivity (Wildman–Crippen MR) is 86.3 cm³/mol. The maximum atomic E-state index is 11.6. The zero-order valence-electron chi connectivity index (χ0n) is 12.6. The molecule has 1 aliphatic heterocycles. The molecule has 0 unspecified atom stereocenters. The van der Waals surface area contributed by atoms with Gasteiger partial charge in [-0.15, -0.1) is 0 Å². The van der Waals surface area contributed by atoms with E-state index in [1.807, 2.05) is 36.7 Å². The van der Waals surface area contributed by atoms with Crippen LogP contribution < -0.4 is 5.73 Å². The maximum absolute atomic E-state index is 11.6. The van der Waals surface area contributed by atoms with Gasteiger partial charge >= 0.3 is 0 Å². The monoisotopic (exact) mass is 295 g/mol. The Kier molecular flexibility index (Phi) is 4.49. The zero-order chi connectivity index (χ0) is 15.4. The first-order chi connectivity index (χ1) is 10.7. The van der Waals surface area contributed by atoms with Gasteiger partial charge in [0.1, 0.15) is 0 Å². The Labute approximate surface area is 131 Å². The number of amides is 1. The molecule has 0 bridgehead atoms. The highest BCUT2D eigenvalue weighted by Crippen LogP contribution is 2.24.